The highest BCUT2D eigenvalue weighted by atomic mass is 35.5. The van der Waals surface area contributed by atoms with Gasteiger partial charge in [0.25, 0.3) is 0 Å². The Bertz CT molecular complexity index is 683. The van der Waals surface area contributed by atoms with E-state index in [-0.39, 0.29) is 0 Å². The third-order valence-corrected chi connectivity index (χ3v) is 5.25. The number of morpholine rings is 1. The first-order chi connectivity index (χ1) is 11.1. The highest BCUT2D eigenvalue weighted by Gasteiger charge is 2.21. The lowest BCUT2D eigenvalue weighted by atomic mass is 10.2. The average Bonchev–Trinajstić information content (AvgIpc) is 2.54. The number of nitrogens with zero attached hydrogens (tertiary/aromatic N) is 3. The molecule has 2 heterocycles. The summed E-state index contributed by atoms with van der Waals surface area (Å²) in [6.07, 6.45) is 0. The molecule has 2 aromatic rings. The van der Waals surface area contributed by atoms with Crippen molar-refractivity contribution in [3.63, 3.8) is 0 Å². The van der Waals surface area contributed by atoms with Crippen molar-refractivity contribution in [1.29, 1.82) is 0 Å². The highest BCUT2D eigenvalue weighted by Crippen LogP contribution is 2.27. The van der Waals surface area contributed by atoms with Crippen molar-refractivity contribution in [1.82, 2.24) is 9.97 Å². The van der Waals surface area contributed by atoms with E-state index in [1.807, 2.05) is 6.07 Å². The third kappa shape index (κ3) is 4.16. The van der Waals surface area contributed by atoms with E-state index in [1.54, 1.807) is 11.8 Å². The molecule has 0 radical (unpaired) electrons. The summed E-state index contributed by atoms with van der Waals surface area (Å²) >= 11 is 7.91. The summed E-state index contributed by atoms with van der Waals surface area (Å²) < 4.78 is 5.49. The number of hydrogen-bond acceptors (Lipinski definition) is 5. The fourth-order valence-corrected chi connectivity index (χ4v) is 3.73. The van der Waals surface area contributed by atoms with Gasteiger partial charge in [0.15, 0.2) is 0 Å². The highest BCUT2D eigenvalue weighted by molar-refractivity contribution is 7.98. The Kier molecular flexibility index (Phi) is 5.41. The van der Waals surface area contributed by atoms with Crippen molar-refractivity contribution in [2.24, 2.45) is 0 Å². The van der Waals surface area contributed by atoms with Crippen molar-refractivity contribution in [2.45, 2.75) is 30.5 Å². The van der Waals surface area contributed by atoms with Crippen LogP contribution in [0.5, 0.6) is 0 Å². The predicted molar refractivity (Wildman–Crippen MR) is 95.4 cm³/mol. The fraction of sp³-hybridized carbons (Fsp3) is 0.412. The van der Waals surface area contributed by atoms with Crippen molar-refractivity contribution in [3.05, 3.63) is 46.9 Å². The Labute approximate surface area is 146 Å². The van der Waals surface area contributed by atoms with Crippen LogP contribution in [0, 0.1) is 6.92 Å². The van der Waals surface area contributed by atoms with Gasteiger partial charge >= 0.3 is 0 Å². The van der Waals surface area contributed by atoms with Crippen LogP contribution in [-0.4, -0.2) is 35.8 Å². The number of halogens is 1. The molecule has 0 spiro atoms. The Hall–Kier alpha value is -1.30. The molecule has 1 aromatic carbocycles. The summed E-state index contributed by atoms with van der Waals surface area (Å²) in [5.41, 5.74) is 2.23. The van der Waals surface area contributed by atoms with E-state index < -0.39 is 0 Å². The van der Waals surface area contributed by atoms with E-state index in [0.29, 0.717) is 11.3 Å². The summed E-state index contributed by atoms with van der Waals surface area (Å²) in [5, 5.41) is 0.307. The SMILES string of the molecule is Cc1ccccc1SCc1cc(N2CCOC[C@@H]2C)nc(Cl)n1. The summed E-state index contributed by atoms with van der Waals surface area (Å²) in [5.74, 6) is 1.67. The van der Waals surface area contributed by atoms with Crippen LogP contribution in [0.2, 0.25) is 5.28 Å². The Morgan fingerprint density at radius 1 is 1.35 bits per heavy atom. The minimum atomic E-state index is 0.298. The summed E-state index contributed by atoms with van der Waals surface area (Å²) in [6, 6.07) is 10.7. The normalized spacial score (nSPS) is 18.2. The first kappa shape index (κ1) is 16.6. The molecule has 1 saturated heterocycles. The van der Waals surface area contributed by atoms with Gasteiger partial charge in [-0.2, -0.15) is 0 Å². The van der Waals surface area contributed by atoms with Crippen LogP contribution in [0.3, 0.4) is 0 Å². The van der Waals surface area contributed by atoms with Gasteiger partial charge in [0.05, 0.1) is 24.9 Å². The molecule has 0 N–H and O–H groups in total. The molecule has 0 bridgehead atoms. The molecule has 0 aliphatic carbocycles. The first-order valence-electron chi connectivity index (χ1n) is 7.70. The van der Waals surface area contributed by atoms with Crippen LogP contribution >= 0.6 is 23.4 Å². The standard InChI is InChI=1S/C17H20ClN3OS/c1-12-5-3-4-6-15(12)23-11-14-9-16(20-17(18)19-14)21-7-8-22-10-13(21)2/h3-6,9,13H,7-8,10-11H2,1-2H3/t13-/m0/s1. The predicted octanol–water partition coefficient (Wildman–Crippen LogP) is 3.96. The molecule has 0 saturated carbocycles. The molecular weight excluding hydrogens is 330 g/mol. The molecule has 0 amide bonds. The van der Waals surface area contributed by atoms with Gasteiger partial charge in [0.1, 0.15) is 5.82 Å². The van der Waals surface area contributed by atoms with Crippen LogP contribution < -0.4 is 4.90 Å². The molecule has 3 rings (SSSR count). The molecule has 1 aliphatic heterocycles. The van der Waals surface area contributed by atoms with Gasteiger partial charge in [-0.05, 0) is 37.1 Å². The van der Waals surface area contributed by atoms with Crippen LogP contribution in [0.25, 0.3) is 0 Å². The second-order valence-corrected chi connectivity index (χ2v) is 7.01. The van der Waals surface area contributed by atoms with E-state index >= 15 is 0 Å². The van der Waals surface area contributed by atoms with E-state index in [9.17, 15) is 0 Å². The first-order valence-corrected chi connectivity index (χ1v) is 9.06. The molecule has 1 atom stereocenters. The van der Waals surface area contributed by atoms with Crippen molar-refractivity contribution in [3.8, 4) is 0 Å². The summed E-state index contributed by atoms with van der Waals surface area (Å²) in [7, 11) is 0. The number of rotatable bonds is 4. The zero-order valence-electron chi connectivity index (χ0n) is 13.3. The van der Waals surface area contributed by atoms with Gasteiger partial charge in [-0.1, -0.05) is 18.2 Å². The molecular formula is C17H20ClN3OS. The van der Waals surface area contributed by atoms with Gasteiger partial charge < -0.3 is 9.64 Å². The van der Waals surface area contributed by atoms with Crippen molar-refractivity contribution < 1.29 is 4.74 Å². The number of aryl methyl sites for hydroxylation is 1. The number of thioether (sulfide) groups is 1. The smallest absolute Gasteiger partial charge is 0.224 e. The maximum Gasteiger partial charge on any atom is 0.224 e. The number of aromatic nitrogens is 2. The zero-order chi connectivity index (χ0) is 16.2. The molecule has 1 aromatic heterocycles. The Morgan fingerprint density at radius 3 is 2.96 bits per heavy atom. The molecule has 4 nitrogen and oxygen atoms in total. The van der Waals surface area contributed by atoms with Crippen LogP contribution in [0.15, 0.2) is 35.2 Å². The van der Waals surface area contributed by atoms with Crippen molar-refractivity contribution in [2.75, 3.05) is 24.7 Å². The second kappa shape index (κ2) is 7.51. The molecule has 0 unspecified atom stereocenters. The lowest BCUT2D eigenvalue weighted by molar-refractivity contribution is 0.0985. The lowest BCUT2D eigenvalue weighted by Crippen LogP contribution is -2.44. The topological polar surface area (TPSA) is 38.2 Å². The van der Waals surface area contributed by atoms with E-state index in [0.717, 1.165) is 37.0 Å². The monoisotopic (exact) mass is 349 g/mol. The van der Waals surface area contributed by atoms with Crippen LogP contribution in [-0.2, 0) is 10.5 Å². The lowest BCUT2D eigenvalue weighted by Gasteiger charge is -2.34. The molecule has 1 fully saturated rings. The van der Waals surface area contributed by atoms with Gasteiger partial charge in [0, 0.05) is 23.3 Å². The molecule has 23 heavy (non-hydrogen) atoms. The van der Waals surface area contributed by atoms with E-state index in [2.05, 4.69) is 53.0 Å². The maximum absolute atomic E-state index is 6.14. The van der Waals surface area contributed by atoms with E-state index in [1.165, 1.54) is 10.5 Å². The van der Waals surface area contributed by atoms with Gasteiger partial charge in [0.2, 0.25) is 5.28 Å². The van der Waals surface area contributed by atoms with Crippen LogP contribution in [0.4, 0.5) is 5.82 Å². The Balaban J connectivity index is 1.76. The Morgan fingerprint density at radius 2 is 2.17 bits per heavy atom. The minimum absolute atomic E-state index is 0.298. The van der Waals surface area contributed by atoms with Crippen LogP contribution in [0.1, 0.15) is 18.2 Å². The van der Waals surface area contributed by atoms with E-state index in [4.69, 9.17) is 16.3 Å². The quantitative estimate of drug-likeness (QED) is 0.617. The fourth-order valence-electron chi connectivity index (χ4n) is 2.61. The van der Waals surface area contributed by atoms with Crippen molar-refractivity contribution >= 4 is 29.2 Å². The van der Waals surface area contributed by atoms with Gasteiger partial charge in [-0.15, -0.1) is 11.8 Å². The number of benzene rings is 1. The number of ether oxygens (including phenoxy) is 1. The number of hydrogen-bond donors (Lipinski definition) is 0. The zero-order valence-corrected chi connectivity index (χ0v) is 14.9. The maximum atomic E-state index is 6.14. The molecule has 6 heteroatoms. The minimum Gasteiger partial charge on any atom is -0.377 e. The van der Waals surface area contributed by atoms with Gasteiger partial charge in [-0.25, -0.2) is 9.97 Å². The third-order valence-electron chi connectivity index (χ3n) is 3.87. The molecule has 1 aliphatic rings. The second-order valence-electron chi connectivity index (χ2n) is 5.66. The average molecular weight is 350 g/mol. The number of anilines is 1. The van der Waals surface area contributed by atoms with Gasteiger partial charge in [-0.3, -0.25) is 0 Å². The largest absolute Gasteiger partial charge is 0.377 e. The summed E-state index contributed by atoms with van der Waals surface area (Å²) in [4.78, 5) is 12.3. The summed E-state index contributed by atoms with van der Waals surface area (Å²) in [6.45, 7) is 6.53. The molecule has 122 valence electrons.